The summed E-state index contributed by atoms with van der Waals surface area (Å²) >= 11 is 0. The van der Waals surface area contributed by atoms with Gasteiger partial charge >= 0.3 is 0 Å². The largest absolute Gasteiger partial charge is 0.295 e. The summed E-state index contributed by atoms with van der Waals surface area (Å²) in [6, 6.07) is 0. The van der Waals surface area contributed by atoms with E-state index < -0.39 is 0 Å². The first-order valence-electron chi connectivity index (χ1n) is 8.20. The summed E-state index contributed by atoms with van der Waals surface area (Å²) < 4.78 is 0. The highest BCUT2D eigenvalue weighted by atomic mass is 16.1. The highest BCUT2D eigenvalue weighted by Gasteiger charge is 2.50. The lowest BCUT2D eigenvalue weighted by molar-refractivity contribution is -0.125. The summed E-state index contributed by atoms with van der Waals surface area (Å²) in [6.45, 7) is 10.5. The SMILES string of the molecule is C=C[C@@]1(C)CC(=O)C2=C(C1)C(=O)C[C@@H]1[C@@H]2CCCC1(C)C. The average molecular weight is 286 g/mol. The van der Waals surface area contributed by atoms with E-state index in [1.807, 2.05) is 13.0 Å². The molecule has 1 saturated carbocycles. The third-order valence-electron chi connectivity index (χ3n) is 6.20. The molecule has 0 N–H and O–H groups in total. The lowest BCUT2D eigenvalue weighted by atomic mass is 9.54. The Morgan fingerprint density at radius 2 is 1.86 bits per heavy atom. The van der Waals surface area contributed by atoms with Crippen molar-refractivity contribution in [2.24, 2.45) is 22.7 Å². The van der Waals surface area contributed by atoms with E-state index in [1.165, 1.54) is 12.8 Å². The lowest BCUT2D eigenvalue weighted by Gasteiger charge is -2.49. The third-order valence-corrected chi connectivity index (χ3v) is 6.20. The molecule has 0 aromatic carbocycles. The minimum atomic E-state index is -0.234. The summed E-state index contributed by atoms with van der Waals surface area (Å²) in [5.41, 5.74) is 1.69. The Morgan fingerprint density at radius 3 is 2.52 bits per heavy atom. The standard InChI is InChI=1S/C19H26O2/c1-5-19(4)10-13-15(20)9-14-12(17(13)16(21)11-19)7-6-8-18(14,2)3/h5,12,14H,1,6-11H2,2-4H3/t12-,14+,19+/m0/s1. The Balaban J connectivity index is 2.07. The molecule has 0 spiro atoms. The second kappa shape index (κ2) is 4.66. The molecule has 3 atom stereocenters. The molecule has 0 saturated heterocycles. The number of carbonyl (C=O) groups is 2. The van der Waals surface area contributed by atoms with Gasteiger partial charge < -0.3 is 0 Å². The second-order valence-electron chi connectivity index (χ2n) is 8.25. The average Bonchev–Trinajstić information content (AvgIpc) is 2.40. The number of Topliss-reactive ketones (excluding diaryl/α,β-unsaturated/α-hetero) is 2. The Kier molecular flexibility index (Phi) is 3.27. The van der Waals surface area contributed by atoms with Crippen molar-refractivity contribution in [3.63, 3.8) is 0 Å². The molecule has 2 heteroatoms. The van der Waals surface area contributed by atoms with E-state index in [2.05, 4.69) is 20.4 Å². The van der Waals surface area contributed by atoms with Crippen LogP contribution in [0.1, 0.15) is 59.3 Å². The van der Waals surface area contributed by atoms with Gasteiger partial charge in [0.15, 0.2) is 11.6 Å². The summed E-state index contributed by atoms with van der Waals surface area (Å²) in [5.74, 6) is 1.11. The van der Waals surface area contributed by atoms with Crippen LogP contribution in [0.25, 0.3) is 0 Å². The predicted octanol–water partition coefficient (Wildman–Crippen LogP) is 4.25. The highest BCUT2D eigenvalue weighted by molar-refractivity contribution is 6.09. The van der Waals surface area contributed by atoms with Gasteiger partial charge in [-0.15, -0.1) is 6.58 Å². The van der Waals surface area contributed by atoms with Crippen LogP contribution in [-0.2, 0) is 9.59 Å². The number of hydrogen-bond donors (Lipinski definition) is 0. The van der Waals surface area contributed by atoms with Gasteiger partial charge in [0.1, 0.15) is 0 Å². The minimum absolute atomic E-state index is 0.177. The maximum atomic E-state index is 12.8. The molecule has 0 aromatic heterocycles. The van der Waals surface area contributed by atoms with Gasteiger partial charge in [-0.2, -0.15) is 0 Å². The first-order valence-corrected chi connectivity index (χ1v) is 8.20. The number of ketones is 2. The normalized spacial score (nSPS) is 38.8. The maximum Gasteiger partial charge on any atom is 0.160 e. The van der Waals surface area contributed by atoms with E-state index in [0.717, 1.165) is 17.6 Å². The molecule has 0 radical (unpaired) electrons. The third kappa shape index (κ3) is 2.23. The molecular weight excluding hydrogens is 260 g/mol. The minimum Gasteiger partial charge on any atom is -0.295 e. The Morgan fingerprint density at radius 1 is 1.14 bits per heavy atom. The summed E-state index contributed by atoms with van der Waals surface area (Å²) in [6.07, 6.45) is 7.15. The molecule has 114 valence electrons. The van der Waals surface area contributed by atoms with Crippen LogP contribution >= 0.6 is 0 Å². The molecule has 0 aliphatic heterocycles. The van der Waals surface area contributed by atoms with Crippen molar-refractivity contribution < 1.29 is 9.59 Å². The summed E-state index contributed by atoms with van der Waals surface area (Å²) in [7, 11) is 0. The molecule has 3 aliphatic rings. The molecule has 21 heavy (non-hydrogen) atoms. The monoisotopic (exact) mass is 286 g/mol. The zero-order valence-electron chi connectivity index (χ0n) is 13.5. The topological polar surface area (TPSA) is 34.1 Å². The molecule has 3 rings (SSSR count). The van der Waals surface area contributed by atoms with Crippen molar-refractivity contribution in [2.45, 2.75) is 59.3 Å². The zero-order valence-corrected chi connectivity index (χ0v) is 13.5. The van der Waals surface area contributed by atoms with Crippen molar-refractivity contribution >= 4 is 11.6 Å². The van der Waals surface area contributed by atoms with Crippen LogP contribution in [0.2, 0.25) is 0 Å². The Hall–Kier alpha value is -1.18. The molecule has 0 amide bonds. The fourth-order valence-corrected chi connectivity index (χ4v) is 4.81. The van der Waals surface area contributed by atoms with Crippen LogP contribution < -0.4 is 0 Å². The van der Waals surface area contributed by atoms with Gasteiger partial charge in [0.25, 0.3) is 0 Å². The summed E-state index contributed by atoms with van der Waals surface area (Å²) in [5, 5.41) is 0. The van der Waals surface area contributed by atoms with Gasteiger partial charge in [-0.05, 0) is 41.9 Å². The molecule has 3 aliphatic carbocycles. The van der Waals surface area contributed by atoms with Gasteiger partial charge in [-0.3, -0.25) is 9.59 Å². The number of fused-ring (bicyclic) bond motifs is 2. The summed E-state index contributed by atoms with van der Waals surface area (Å²) in [4.78, 5) is 25.4. The molecule has 0 heterocycles. The lowest BCUT2D eigenvalue weighted by Crippen LogP contribution is -2.45. The highest BCUT2D eigenvalue weighted by Crippen LogP contribution is 2.54. The number of rotatable bonds is 1. The first kappa shape index (κ1) is 14.7. The van der Waals surface area contributed by atoms with Crippen LogP contribution in [0.5, 0.6) is 0 Å². The van der Waals surface area contributed by atoms with E-state index in [1.54, 1.807) is 0 Å². The van der Waals surface area contributed by atoms with Crippen molar-refractivity contribution in [3.8, 4) is 0 Å². The first-order chi connectivity index (χ1) is 9.77. The maximum absolute atomic E-state index is 12.8. The van der Waals surface area contributed by atoms with E-state index >= 15 is 0 Å². The van der Waals surface area contributed by atoms with Crippen LogP contribution in [0.3, 0.4) is 0 Å². The van der Waals surface area contributed by atoms with Crippen LogP contribution in [-0.4, -0.2) is 11.6 Å². The van der Waals surface area contributed by atoms with Gasteiger partial charge in [0, 0.05) is 24.0 Å². The fourth-order valence-electron chi connectivity index (χ4n) is 4.81. The van der Waals surface area contributed by atoms with Crippen molar-refractivity contribution in [1.82, 2.24) is 0 Å². The molecule has 1 fully saturated rings. The van der Waals surface area contributed by atoms with E-state index in [4.69, 9.17) is 0 Å². The van der Waals surface area contributed by atoms with Gasteiger partial charge in [0.05, 0.1) is 0 Å². The number of allylic oxidation sites excluding steroid dienone is 3. The smallest absolute Gasteiger partial charge is 0.160 e. The van der Waals surface area contributed by atoms with Gasteiger partial charge in [0.2, 0.25) is 0 Å². The Labute approximate surface area is 127 Å². The van der Waals surface area contributed by atoms with E-state index in [9.17, 15) is 9.59 Å². The van der Waals surface area contributed by atoms with Crippen LogP contribution in [0.15, 0.2) is 23.8 Å². The molecule has 0 aromatic rings. The van der Waals surface area contributed by atoms with Crippen LogP contribution in [0, 0.1) is 22.7 Å². The van der Waals surface area contributed by atoms with Crippen LogP contribution in [0.4, 0.5) is 0 Å². The van der Waals surface area contributed by atoms with Gasteiger partial charge in [-0.25, -0.2) is 0 Å². The molecule has 2 nitrogen and oxygen atoms in total. The van der Waals surface area contributed by atoms with Crippen molar-refractivity contribution in [3.05, 3.63) is 23.8 Å². The quantitative estimate of drug-likeness (QED) is 0.675. The number of hydrogen-bond acceptors (Lipinski definition) is 2. The van der Waals surface area contributed by atoms with Crippen molar-refractivity contribution in [2.75, 3.05) is 0 Å². The zero-order chi connectivity index (χ0) is 15.4. The predicted molar refractivity (Wildman–Crippen MR) is 83.8 cm³/mol. The van der Waals surface area contributed by atoms with Crippen molar-refractivity contribution in [1.29, 1.82) is 0 Å². The molecular formula is C19H26O2. The van der Waals surface area contributed by atoms with Gasteiger partial charge in [-0.1, -0.05) is 33.3 Å². The molecule has 0 unspecified atom stereocenters. The number of carbonyl (C=O) groups excluding carboxylic acids is 2. The van der Waals surface area contributed by atoms with E-state index in [-0.39, 0.29) is 22.4 Å². The Bertz CT molecular complexity index is 552. The second-order valence-corrected chi connectivity index (χ2v) is 8.25. The molecule has 0 bridgehead atoms. The van der Waals surface area contributed by atoms with E-state index in [0.29, 0.717) is 31.1 Å². The fraction of sp³-hybridized carbons (Fsp3) is 0.684.